The zero-order valence-electron chi connectivity index (χ0n) is 36.7. The summed E-state index contributed by atoms with van der Waals surface area (Å²) in [4.78, 5) is 67.6. The molecule has 3 aromatic carbocycles. The Morgan fingerprint density at radius 2 is 0.773 bits per heavy atom. The normalized spacial score (nSPS) is 15.3. The van der Waals surface area contributed by atoms with E-state index in [0.717, 1.165) is 89.4 Å². The molecular weight excluding hydrogens is 870 g/mol. The number of carboxylic acids is 6. The van der Waals surface area contributed by atoms with E-state index in [0.29, 0.717) is 42.5 Å². The molecule has 1 unspecified atom stereocenters. The van der Waals surface area contributed by atoms with Crippen molar-refractivity contribution in [2.24, 2.45) is 0 Å². The van der Waals surface area contributed by atoms with Crippen LogP contribution in [0.2, 0.25) is 0 Å². The number of hydrogen-bond acceptors (Lipinski definition) is 10. The standard InChI is InChI=1S/C35H45F3N4.3C4H4O4/c1-27(2)41-22-24-42(25-23-41)35(30-9-15-33(38)16-10-30)26-40-20-18-39(19-21-40)17-3-4-34(28-5-11-31(36)12-6-28)29-7-13-32(37)14-8-29;3*5-3(6)1-2-4(7)8/h5-16,27,34-35H,3-4,17-26H2,1-2H3;3*1-2H,(H,5,6)(H,7,8)/b;3*2-1+. The van der Waals surface area contributed by atoms with Gasteiger partial charge in [-0.25, -0.2) is 41.9 Å². The van der Waals surface area contributed by atoms with Gasteiger partial charge < -0.3 is 35.5 Å². The number of hydrogen-bond donors (Lipinski definition) is 6. The molecule has 0 saturated carbocycles. The van der Waals surface area contributed by atoms with Gasteiger partial charge in [-0.2, -0.15) is 0 Å². The van der Waals surface area contributed by atoms with Crippen LogP contribution in [0.3, 0.4) is 0 Å². The molecule has 2 aliphatic rings. The first-order chi connectivity index (χ1) is 31.2. The van der Waals surface area contributed by atoms with Crippen LogP contribution in [0.5, 0.6) is 0 Å². The highest BCUT2D eigenvalue weighted by molar-refractivity contribution is 5.90. The van der Waals surface area contributed by atoms with Gasteiger partial charge in [-0.3, -0.25) is 14.7 Å². The highest BCUT2D eigenvalue weighted by atomic mass is 19.1. The average molecular weight is 927 g/mol. The maximum Gasteiger partial charge on any atom is 0.328 e. The zero-order chi connectivity index (χ0) is 49.2. The van der Waals surface area contributed by atoms with E-state index in [1.54, 1.807) is 12.1 Å². The summed E-state index contributed by atoms with van der Waals surface area (Å²) in [7, 11) is 0. The molecule has 0 aromatic heterocycles. The molecule has 0 spiro atoms. The van der Waals surface area contributed by atoms with Gasteiger partial charge in [0.05, 0.1) is 0 Å². The van der Waals surface area contributed by atoms with Crippen molar-refractivity contribution in [3.8, 4) is 0 Å². The van der Waals surface area contributed by atoms with Crippen LogP contribution in [-0.4, -0.2) is 158 Å². The monoisotopic (exact) mass is 926 g/mol. The minimum Gasteiger partial charge on any atom is -0.478 e. The van der Waals surface area contributed by atoms with Crippen molar-refractivity contribution in [3.05, 3.63) is 143 Å². The summed E-state index contributed by atoms with van der Waals surface area (Å²) < 4.78 is 40.9. The smallest absolute Gasteiger partial charge is 0.328 e. The SMILES string of the molecule is CC(C)N1CCN(C(CN2CCN(CCCC(c3ccc(F)cc3)c3ccc(F)cc3)CC2)c2ccc(F)cc2)CC1.O=C(O)/C=C/C(=O)O.O=C(O)/C=C/C(=O)O.O=C(O)/C=C/C(=O)O. The molecule has 2 saturated heterocycles. The molecule has 6 N–H and O–H groups in total. The Hall–Kier alpha value is -6.67. The van der Waals surface area contributed by atoms with Gasteiger partial charge in [-0.05, 0) is 86.3 Å². The molecule has 3 aromatic rings. The number of halogens is 3. The largest absolute Gasteiger partial charge is 0.478 e. The summed E-state index contributed by atoms with van der Waals surface area (Å²) in [6.07, 6.45) is 5.28. The van der Waals surface area contributed by atoms with Crippen molar-refractivity contribution in [2.45, 2.75) is 44.7 Å². The van der Waals surface area contributed by atoms with E-state index in [2.05, 4.69) is 33.4 Å². The second-order valence-electron chi connectivity index (χ2n) is 15.2. The lowest BCUT2D eigenvalue weighted by molar-refractivity contribution is -0.134. The van der Waals surface area contributed by atoms with Crippen LogP contribution in [0.4, 0.5) is 13.2 Å². The van der Waals surface area contributed by atoms with E-state index in [-0.39, 0.29) is 29.4 Å². The predicted octanol–water partition coefficient (Wildman–Crippen LogP) is 5.54. The first-order valence-electron chi connectivity index (χ1n) is 20.8. The minimum atomic E-state index is -1.26. The van der Waals surface area contributed by atoms with Crippen LogP contribution in [0.15, 0.2) is 109 Å². The molecule has 16 nitrogen and oxygen atoms in total. The molecule has 0 amide bonds. The number of nitrogens with zero attached hydrogens (tertiary/aromatic N) is 4. The number of aliphatic carboxylic acids is 6. The highest BCUT2D eigenvalue weighted by Crippen LogP contribution is 2.30. The number of rotatable bonds is 17. The Bertz CT molecular complexity index is 1910. The quantitative estimate of drug-likeness (QED) is 0.0912. The van der Waals surface area contributed by atoms with Crippen LogP contribution in [0.1, 0.15) is 55.3 Å². The van der Waals surface area contributed by atoms with Gasteiger partial charge in [-0.15, -0.1) is 0 Å². The molecule has 0 radical (unpaired) electrons. The maximum atomic E-state index is 13.7. The lowest BCUT2D eigenvalue weighted by Gasteiger charge is -2.43. The Balaban J connectivity index is 0.000000509. The van der Waals surface area contributed by atoms with Crippen LogP contribution >= 0.6 is 0 Å². The Labute approximate surface area is 380 Å². The Morgan fingerprint density at radius 3 is 1.09 bits per heavy atom. The van der Waals surface area contributed by atoms with E-state index >= 15 is 0 Å². The summed E-state index contributed by atoms with van der Waals surface area (Å²) in [6, 6.07) is 21.4. The fourth-order valence-corrected chi connectivity index (χ4v) is 6.98. The molecule has 2 heterocycles. The van der Waals surface area contributed by atoms with E-state index in [1.165, 1.54) is 29.8 Å². The third-order valence-corrected chi connectivity index (χ3v) is 10.3. The van der Waals surface area contributed by atoms with Crippen molar-refractivity contribution in [3.63, 3.8) is 0 Å². The van der Waals surface area contributed by atoms with E-state index in [4.69, 9.17) is 30.6 Å². The van der Waals surface area contributed by atoms with Crippen molar-refractivity contribution in [1.82, 2.24) is 19.6 Å². The second kappa shape index (κ2) is 29.7. The molecule has 2 aliphatic heterocycles. The summed E-state index contributed by atoms with van der Waals surface area (Å²) in [5.74, 6) is -8.10. The zero-order valence-corrected chi connectivity index (χ0v) is 36.7. The molecule has 0 aliphatic carbocycles. The minimum absolute atomic E-state index is 0.111. The van der Waals surface area contributed by atoms with E-state index in [1.807, 2.05) is 36.4 Å². The fraction of sp³-hybridized carbons (Fsp3) is 0.362. The molecule has 19 heteroatoms. The Kier molecular flexibility index (Phi) is 25.0. The molecule has 1 atom stereocenters. The summed E-state index contributed by atoms with van der Waals surface area (Å²) in [5, 5.41) is 46.9. The van der Waals surface area contributed by atoms with E-state index in [9.17, 15) is 41.9 Å². The third-order valence-electron chi connectivity index (χ3n) is 10.3. The molecule has 358 valence electrons. The van der Waals surface area contributed by atoms with Crippen LogP contribution in [0, 0.1) is 17.5 Å². The molecule has 5 rings (SSSR count). The lowest BCUT2D eigenvalue weighted by Crippen LogP contribution is -2.53. The summed E-state index contributed by atoms with van der Waals surface area (Å²) in [5.41, 5.74) is 3.33. The highest BCUT2D eigenvalue weighted by Gasteiger charge is 2.29. The van der Waals surface area contributed by atoms with E-state index < -0.39 is 35.8 Å². The van der Waals surface area contributed by atoms with Gasteiger partial charge >= 0.3 is 35.8 Å². The van der Waals surface area contributed by atoms with Gasteiger partial charge in [0.15, 0.2) is 0 Å². The van der Waals surface area contributed by atoms with Gasteiger partial charge in [0.25, 0.3) is 0 Å². The van der Waals surface area contributed by atoms with Gasteiger partial charge in [0.2, 0.25) is 0 Å². The predicted molar refractivity (Wildman–Crippen MR) is 237 cm³/mol. The molecular formula is C47H57F3N4O12. The first kappa shape index (κ1) is 55.5. The third kappa shape index (κ3) is 23.3. The van der Waals surface area contributed by atoms with Crippen molar-refractivity contribution in [1.29, 1.82) is 0 Å². The summed E-state index contributed by atoms with van der Waals surface area (Å²) >= 11 is 0. The van der Waals surface area contributed by atoms with Gasteiger partial charge in [0, 0.05) is 113 Å². The Morgan fingerprint density at radius 1 is 0.470 bits per heavy atom. The number of piperazine rings is 2. The van der Waals surface area contributed by atoms with Gasteiger partial charge in [0.1, 0.15) is 17.5 Å². The maximum absolute atomic E-state index is 13.7. The second-order valence-corrected chi connectivity index (χ2v) is 15.2. The number of carbonyl (C=O) groups is 6. The van der Waals surface area contributed by atoms with Crippen molar-refractivity contribution < 1.29 is 72.6 Å². The first-order valence-corrected chi connectivity index (χ1v) is 20.8. The van der Waals surface area contributed by atoms with Crippen LogP contribution < -0.4 is 0 Å². The van der Waals surface area contributed by atoms with Crippen LogP contribution in [-0.2, 0) is 28.8 Å². The summed E-state index contributed by atoms with van der Waals surface area (Å²) in [6.45, 7) is 14.8. The van der Waals surface area contributed by atoms with Gasteiger partial charge in [-0.1, -0.05) is 36.4 Å². The fourth-order valence-electron chi connectivity index (χ4n) is 6.98. The van der Waals surface area contributed by atoms with Crippen molar-refractivity contribution >= 4 is 35.8 Å². The van der Waals surface area contributed by atoms with Crippen molar-refractivity contribution in [2.75, 3.05) is 65.4 Å². The molecule has 66 heavy (non-hydrogen) atoms. The number of carboxylic acid groups (broad SMARTS) is 6. The topological polar surface area (TPSA) is 237 Å². The molecule has 2 fully saturated rings. The molecule has 0 bridgehead atoms. The average Bonchev–Trinajstić information content (AvgIpc) is 3.27. The number of benzene rings is 3. The van der Waals surface area contributed by atoms with Crippen LogP contribution in [0.25, 0.3) is 0 Å². The lowest BCUT2D eigenvalue weighted by atomic mass is 9.87.